The number of fused-ring (bicyclic) bond motifs is 1. The predicted octanol–water partition coefficient (Wildman–Crippen LogP) is 0.562. The first-order valence-corrected chi connectivity index (χ1v) is 6.84. The Hall–Kier alpha value is -2.28. The van der Waals surface area contributed by atoms with E-state index in [4.69, 9.17) is 4.74 Å². The van der Waals surface area contributed by atoms with Gasteiger partial charge in [0.25, 0.3) is 5.91 Å². The van der Waals surface area contributed by atoms with Crippen molar-refractivity contribution in [2.45, 2.75) is 19.4 Å². The molecule has 3 rings (SSSR count). The van der Waals surface area contributed by atoms with E-state index in [2.05, 4.69) is 20.4 Å². The van der Waals surface area contributed by atoms with Crippen LogP contribution in [0.1, 0.15) is 33.5 Å². The van der Waals surface area contributed by atoms with E-state index in [1.165, 1.54) is 11.8 Å². The van der Waals surface area contributed by atoms with Gasteiger partial charge in [-0.1, -0.05) is 0 Å². The lowest BCUT2D eigenvalue weighted by Crippen LogP contribution is -2.32. The number of hydrogen-bond acceptors (Lipinski definition) is 5. The summed E-state index contributed by atoms with van der Waals surface area (Å²) < 4.78 is 7.47. The SMILES string of the molecule is Cc1cnc(C(=O)NC[C@H]2OCCc3cn(C)nc32)cn1. The molecule has 0 radical (unpaired) electrons. The lowest BCUT2D eigenvalue weighted by molar-refractivity contribution is 0.0383. The van der Waals surface area contributed by atoms with Gasteiger partial charge in [-0.15, -0.1) is 0 Å². The summed E-state index contributed by atoms with van der Waals surface area (Å²) in [5, 5.41) is 7.23. The highest BCUT2D eigenvalue weighted by Gasteiger charge is 2.25. The van der Waals surface area contributed by atoms with E-state index in [1.54, 1.807) is 10.9 Å². The van der Waals surface area contributed by atoms with Crippen LogP contribution in [0, 0.1) is 6.92 Å². The molecule has 1 amide bonds. The summed E-state index contributed by atoms with van der Waals surface area (Å²) in [7, 11) is 1.88. The molecule has 7 heteroatoms. The van der Waals surface area contributed by atoms with E-state index in [1.807, 2.05) is 20.2 Å². The Balaban J connectivity index is 1.65. The van der Waals surface area contributed by atoms with Gasteiger partial charge in [-0.2, -0.15) is 5.10 Å². The topological polar surface area (TPSA) is 81.9 Å². The van der Waals surface area contributed by atoms with Crippen molar-refractivity contribution in [3.05, 3.63) is 41.2 Å². The smallest absolute Gasteiger partial charge is 0.271 e. The monoisotopic (exact) mass is 287 g/mol. The fourth-order valence-electron chi connectivity index (χ4n) is 2.35. The molecule has 1 aliphatic heterocycles. The largest absolute Gasteiger partial charge is 0.370 e. The summed E-state index contributed by atoms with van der Waals surface area (Å²) in [5.74, 6) is -0.255. The summed E-state index contributed by atoms with van der Waals surface area (Å²) >= 11 is 0. The third kappa shape index (κ3) is 2.92. The maximum absolute atomic E-state index is 12.0. The van der Waals surface area contributed by atoms with Crippen LogP contribution in [0.5, 0.6) is 0 Å². The van der Waals surface area contributed by atoms with Gasteiger partial charge in [0.1, 0.15) is 11.8 Å². The number of rotatable bonds is 3. The van der Waals surface area contributed by atoms with E-state index >= 15 is 0 Å². The zero-order chi connectivity index (χ0) is 14.8. The standard InChI is InChI=1S/C14H17N5O2/c1-9-5-16-11(6-15-9)14(20)17-7-12-13-10(3-4-21-12)8-19(2)18-13/h5-6,8,12H,3-4,7H2,1-2H3,(H,17,20)/t12-/m1/s1. The molecule has 7 nitrogen and oxygen atoms in total. The van der Waals surface area contributed by atoms with Crippen molar-refractivity contribution in [3.8, 4) is 0 Å². The molecular weight excluding hydrogens is 270 g/mol. The molecule has 0 aliphatic carbocycles. The van der Waals surface area contributed by atoms with Crippen LogP contribution in [0.2, 0.25) is 0 Å². The van der Waals surface area contributed by atoms with Crippen LogP contribution in [-0.2, 0) is 18.2 Å². The van der Waals surface area contributed by atoms with E-state index in [9.17, 15) is 4.79 Å². The van der Waals surface area contributed by atoms with Crippen LogP contribution in [0.4, 0.5) is 0 Å². The van der Waals surface area contributed by atoms with Crippen molar-refractivity contribution < 1.29 is 9.53 Å². The van der Waals surface area contributed by atoms with Crippen molar-refractivity contribution in [2.24, 2.45) is 7.05 Å². The minimum atomic E-state index is -0.255. The number of aromatic nitrogens is 4. The minimum absolute atomic E-state index is 0.211. The van der Waals surface area contributed by atoms with Gasteiger partial charge in [0, 0.05) is 26.0 Å². The molecule has 21 heavy (non-hydrogen) atoms. The molecule has 2 aromatic heterocycles. The van der Waals surface area contributed by atoms with Crippen LogP contribution in [0.15, 0.2) is 18.6 Å². The fraction of sp³-hybridized carbons (Fsp3) is 0.429. The van der Waals surface area contributed by atoms with E-state index in [0.717, 1.165) is 17.8 Å². The highest BCUT2D eigenvalue weighted by Crippen LogP contribution is 2.24. The van der Waals surface area contributed by atoms with Gasteiger partial charge in [0.15, 0.2) is 0 Å². The van der Waals surface area contributed by atoms with Crippen LogP contribution < -0.4 is 5.32 Å². The quantitative estimate of drug-likeness (QED) is 0.892. The second-order valence-electron chi connectivity index (χ2n) is 5.08. The Morgan fingerprint density at radius 3 is 3.10 bits per heavy atom. The molecule has 0 spiro atoms. The van der Waals surface area contributed by atoms with Crippen LogP contribution >= 0.6 is 0 Å². The number of amides is 1. The summed E-state index contributed by atoms with van der Waals surface area (Å²) in [6, 6.07) is 0. The zero-order valence-electron chi connectivity index (χ0n) is 12.0. The second-order valence-corrected chi connectivity index (χ2v) is 5.08. The summed E-state index contributed by atoms with van der Waals surface area (Å²) in [5.41, 5.74) is 3.16. The summed E-state index contributed by atoms with van der Waals surface area (Å²) in [6.45, 7) is 2.84. The third-order valence-electron chi connectivity index (χ3n) is 3.39. The first kappa shape index (κ1) is 13.7. The molecule has 0 saturated heterocycles. The number of carbonyl (C=O) groups excluding carboxylic acids is 1. The maximum atomic E-state index is 12.0. The molecular formula is C14H17N5O2. The van der Waals surface area contributed by atoms with Crippen molar-refractivity contribution in [2.75, 3.05) is 13.2 Å². The fourth-order valence-corrected chi connectivity index (χ4v) is 2.35. The molecule has 3 heterocycles. The van der Waals surface area contributed by atoms with Crippen molar-refractivity contribution >= 4 is 5.91 Å². The Kier molecular flexibility index (Phi) is 3.66. The molecule has 0 fully saturated rings. The zero-order valence-corrected chi connectivity index (χ0v) is 12.0. The molecule has 110 valence electrons. The van der Waals surface area contributed by atoms with Gasteiger partial charge in [-0.05, 0) is 18.9 Å². The molecule has 0 bridgehead atoms. The highest BCUT2D eigenvalue weighted by molar-refractivity contribution is 5.91. The first-order chi connectivity index (χ1) is 10.1. The van der Waals surface area contributed by atoms with E-state index in [0.29, 0.717) is 18.8 Å². The minimum Gasteiger partial charge on any atom is -0.370 e. The molecule has 0 saturated carbocycles. The number of aryl methyl sites for hydroxylation is 2. The molecule has 0 aromatic carbocycles. The van der Waals surface area contributed by atoms with Crippen LogP contribution in [-0.4, -0.2) is 38.8 Å². The number of nitrogens with one attached hydrogen (secondary N) is 1. The average Bonchev–Trinajstić information content (AvgIpc) is 2.86. The molecule has 1 atom stereocenters. The van der Waals surface area contributed by atoms with Crippen LogP contribution in [0.3, 0.4) is 0 Å². The van der Waals surface area contributed by atoms with Gasteiger partial charge in [-0.3, -0.25) is 14.5 Å². The van der Waals surface area contributed by atoms with Gasteiger partial charge < -0.3 is 10.1 Å². The lowest BCUT2D eigenvalue weighted by atomic mass is 10.1. The van der Waals surface area contributed by atoms with Crippen molar-refractivity contribution in [1.82, 2.24) is 25.1 Å². The Labute approximate surface area is 122 Å². The molecule has 1 aliphatic rings. The summed E-state index contributed by atoms with van der Waals surface area (Å²) in [4.78, 5) is 20.1. The lowest BCUT2D eigenvalue weighted by Gasteiger charge is -2.22. The van der Waals surface area contributed by atoms with E-state index < -0.39 is 0 Å². The van der Waals surface area contributed by atoms with Gasteiger partial charge in [0.2, 0.25) is 0 Å². The summed E-state index contributed by atoms with van der Waals surface area (Å²) in [6.07, 6.45) is 5.69. The molecule has 1 N–H and O–H groups in total. The number of hydrogen-bond donors (Lipinski definition) is 1. The average molecular weight is 287 g/mol. The second kappa shape index (κ2) is 5.61. The Bertz CT molecular complexity index is 650. The van der Waals surface area contributed by atoms with Crippen LogP contribution in [0.25, 0.3) is 0 Å². The number of nitrogens with zero attached hydrogens (tertiary/aromatic N) is 4. The number of ether oxygens (including phenoxy) is 1. The van der Waals surface area contributed by atoms with Crippen molar-refractivity contribution in [1.29, 1.82) is 0 Å². The highest BCUT2D eigenvalue weighted by atomic mass is 16.5. The van der Waals surface area contributed by atoms with Crippen molar-refractivity contribution in [3.63, 3.8) is 0 Å². The van der Waals surface area contributed by atoms with Gasteiger partial charge >= 0.3 is 0 Å². The Morgan fingerprint density at radius 1 is 1.48 bits per heavy atom. The Morgan fingerprint density at radius 2 is 2.33 bits per heavy atom. The molecule has 0 unspecified atom stereocenters. The third-order valence-corrected chi connectivity index (χ3v) is 3.39. The maximum Gasteiger partial charge on any atom is 0.271 e. The first-order valence-electron chi connectivity index (χ1n) is 6.84. The normalized spacial score (nSPS) is 17.3. The predicted molar refractivity (Wildman–Crippen MR) is 74.7 cm³/mol. The van der Waals surface area contributed by atoms with Gasteiger partial charge in [0.05, 0.1) is 24.2 Å². The van der Waals surface area contributed by atoms with Gasteiger partial charge in [-0.25, -0.2) is 4.98 Å². The van der Waals surface area contributed by atoms with E-state index in [-0.39, 0.29) is 12.0 Å². The molecule has 2 aromatic rings. The number of carbonyl (C=O) groups is 1.